The monoisotopic (exact) mass is 401 g/mol. The van der Waals surface area contributed by atoms with Crippen LogP contribution in [0.5, 0.6) is 0 Å². The van der Waals surface area contributed by atoms with E-state index >= 15 is 0 Å². The van der Waals surface area contributed by atoms with Crippen molar-refractivity contribution in [3.63, 3.8) is 0 Å². The number of amides is 1. The maximum absolute atomic E-state index is 12.5. The van der Waals surface area contributed by atoms with E-state index in [4.69, 9.17) is 0 Å². The van der Waals surface area contributed by atoms with E-state index in [0.717, 1.165) is 8.95 Å². The molecule has 1 heterocycles. The minimum absolute atomic E-state index is 0.0141. The van der Waals surface area contributed by atoms with Crippen LogP contribution in [0, 0.1) is 0 Å². The first kappa shape index (κ1) is 14.8. The van der Waals surface area contributed by atoms with Crippen LogP contribution in [0.4, 0.5) is 0 Å². The minimum Gasteiger partial charge on any atom is -0.334 e. The zero-order chi connectivity index (χ0) is 14.0. The highest BCUT2D eigenvalue weighted by atomic mass is 79.9. The Morgan fingerprint density at radius 1 is 1.32 bits per heavy atom. The molecular formula is C14H13Br2NOS. The van der Waals surface area contributed by atoms with Crippen LogP contribution in [-0.2, 0) is 0 Å². The predicted octanol–water partition coefficient (Wildman–Crippen LogP) is 5.11. The lowest BCUT2D eigenvalue weighted by Crippen LogP contribution is -2.29. The normalized spacial score (nSPS) is 12.2. The molecule has 1 amide bonds. The molecule has 0 radical (unpaired) electrons. The summed E-state index contributed by atoms with van der Waals surface area (Å²) < 4.78 is 1.75. The van der Waals surface area contributed by atoms with Gasteiger partial charge >= 0.3 is 0 Å². The lowest BCUT2D eigenvalue weighted by molar-refractivity contribution is 0.0744. The molecule has 0 N–H and O–H groups in total. The second-order valence-electron chi connectivity index (χ2n) is 4.23. The third-order valence-electron chi connectivity index (χ3n) is 3.02. The molecule has 5 heteroatoms. The molecule has 0 aliphatic rings. The average molecular weight is 403 g/mol. The summed E-state index contributed by atoms with van der Waals surface area (Å²) in [7, 11) is 1.83. The summed E-state index contributed by atoms with van der Waals surface area (Å²) in [6, 6.07) is 9.72. The van der Waals surface area contributed by atoms with Crippen LogP contribution in [-0.4, -0.2) is 17.9 Å². The molecule has 0 aliphatic heterocycles. The van der Waals surface area contributed by atoms with Gasteiger partial charge in [-0.1, -0.05) is 22.0 Å². The molecule has 0 saturated heterocycles. The van der Waals surface area contributed by atoms with Gasteiger partial charge in [0.15, 0.2) is 0 Å². The highest BCUT2D eigenvalue weighted by molar-refractivity contribution is 9.11. The Morgan fingerprint density at radius 3 is 2.63 bits per heavy atom. The van der Waals surface area contributed by atoms with E-state index in [1.807, 2.05) is 43.6 Å². The van der Waals surface area contributed by atoms with E-state index in [0.29, 0.717) is 5.56 Å². The number of thiophene rings is 1. The molecule has 1 atom stereocenters. The number of hydrogen-bond acceptors (Lipinski definition) is 2. The first-order valence-corrected chi connectivity index (χ1v) is 8.23. The largest absolute Gasteiger partial charge is 0.334 e. The first-order chi connectivity index (χ1) is 9.00. The summed E-state index contributed by atoms with van der Waals surface area (Å²) in [6.45, 7) is 2.04. The Morgan fingerprint density at radius 2 is 2.05 bits per heavy atom. The van der Waals surface area contributed by atoms with E-state index < -0.39 is 0 Å². The van der Waals surface area contributed by atoms with E-state index in [9.17, 15) is 4.79 Å². The van der Waals surface area contributed by atoms with Gasteiger partial charge < -0.3 is 4.90 Å². The number of halogens is 2. The minimum atomic E-state index is 0.0141. The fourth-order valence-electron chi connectivity index (χ4n) is 1.75. The maximum Gasteiger partial charge on any atom is 0.255 e. The van der Waals surface area contributed by atoms with E-state index in [2.05, 4.69) is 37.9 Å². The van der Waals surface area contributed by atoms with Crippen molar-refractivity contribution < 1.29 is 4.79 Å². The molecule has 2 nitrogen and oxygen atoms in total. The van der Waals surface area contributed by atoms with Crippen molar-refractivity contribution >= 4 is 49.1 Å². The summed E-state index contributed by atoms with van der Waals surface area (Å²) in [5.41, 5.74) is 0.675. The van der Waals surface area contributed by atoms with Gasteiger partial charge in [0.05, 0.1) is 11.6 Å². The third-order valence-corrected chi connectivity index (χ3v) is 5.21. The molecule has 19 heavy (non-hydrogen) atoms. The number of rotatable bonds is 3. The molecule has 1 aromatic heterocycles. The van der Waals surface area contributed by atoms with Gasteiger partial charge in [-0.25, -0.2) is 0 Å². The molecule has 100 valence electrons. The highest BCUT2D eigenvalue weighted by Crippen LogP contribution is 2.28. The number of hydrogen-bond donors (Lipinski definition) is 0. The van der Waals surface area contributed by atoms with Gasteiger partial charge in [0, 0.05) is 20.9 Å². The summed E-state index contributed by atoms with van der Waals surface area (Å²) in [5.74, 6) is 0.0141. The fourth-order valence-corrected chi connectivity index (χ4v) is 3.79. The zero-order valence-corrected chi connectivity index (χ0v) is 14.5. The molecule has 0 spiro atoms. The van der Waals surface area contributed by atoms with Crippen molar-refractivity contribution in [1.82, 2.24) is 4.90 Å². The van der Waals surface area contributed by atoms with Crippen LogP contribution >= 0.6 is 43.2 Å². The fraction of sp³-hybridized carbons (Fsp3) is 0.214. The highest BCUT2D eigenvalue weighted by Gasteiger charge is 2.21. The molecule has 1 unspecified atom stereocenters. The van der Waals surface area contributed by atoms with Crippen molar-refractivity contribution in [3.8, 4) is 0 Å². The summed E-state index contributed by atoms with van der Waals surface area (Å²) >= 11 is 8.49. The molecule has 2 aromatic rings. The Hall–Kier alpha value is -0.650. The van der Waals surface area contributed by atoms with E-state index in [-0.39, 0.29) is 11.9 Å². The SMILES string of the molecule is CC(c1cccs1)N(C)C(=O)c1ccc(Br)cc1Br. The smallest absolute Gasteiger partial charge is 0.255 e. The van der Waals surface area contributed by atoms with Gasteiger partial charge in [0.25, 0.3) is 5.91 Å². The van der Waals surface area contributed by atoms with Gasteiger partial charge in [-0.2, -0.15) is 0 Å². The Balaban J connectivity index is 2.24. The maximum atomic E-state index is 12.5. The molecular weight excluding hydrogens is 390 g/mol. The molecule has 0 bridgehead atoms. The molecule has 0 saturated carbocycles. The Kier molecular flexibility index (Phi) is 4.81. The lowest BCUT2D eigenvalue weighted by atomic mass is 10.1. The summed E-state index contributed by atoms with van der Waals surface area (Å²) in [6.07, 6.45) is 0. The van der Waals surface area contributed by atoms with E-state index in [1.54, 1.807) is 16.2 Å². The van der Waals surface area contributed by atoms with Gasteiger partial charge in [0.1, 0.15) is 0 Å². The second kappa shape index (κ2) is 6.20. The molecule has 0 fully saturated rings. The zero-order valence-electron chi connectivity index (χ0n) is 10.6. The Bertz CT molecular complexity index is 583. The lowest BCUT2D eigenvalue weighted by Gasteiger charge is -2.24. The van der Waals surface area contributed by atoms with Crippen molar-refractivity contribution in [2.45, 2.75) is 13.0 Å². The number of carbonyl (C=O) groups is 1. The second-order valence-corrected chi connectivity index (χ2v) is 6.98. The Labute approximate surface area is 133 Å². The van der Waals surface area contributed by atoms with Crippen LogP contribution in [0.2, 0.25) is 0 Å². The first-order valence-electron chi connectivity index (χ1n) is 5.76. The third kappa shape index (κ3) is 3.27. The van der Waals surface area contributed by atoms with Crippen LogP contribution in [0.3, 0.4) is 0 Å². The van der Waals surface area contributed by atoms with Crippen molar-refractivity contribution in [2.75, 3.05) is 7.05 Å². The average Bonchev–Trinajstić information content (AvgIpc) is 2.90. The van der Waals surface area contributed by atoms with Crippen molar-refractivity contribution in [1.29, 1.82) is 0 Å². The van der Waals surface area contributed by atoms with Crippen LogP contribution in [0.1, 0.15) is 28.2 Å². The summed E-state index contributed by atoms with van der Waals surface area (Å²) in [4.78, 5) is 15.4. The molecule has 2 rings (SSSR count). The molecule has 0 aliphatic carbocycles. The van der Waals surface area contributed by atoms with Crippen LogP contribution < -0.4 is 0 Å². The van der Waals surface area contributed by atoms with Gasteiger partial charge in [-0.05, 0) is 52.5 Å². The van der Waals surface area contributed by atoms with Gasteiger partial charge in [-0.15, -0.1) is 11.3 Å². The number of benzene rings is 1. The van der Waals surface area contributed by atoms with Crippen molar-refractivity contribution in [3.05, 3.63) is 55.1 Å². The van der Waals surface area contributed by atoms with Gasteiger partial charge in [-0.3, -0.25) is 4.79 Å². The van der Waals surface area contributed by atoms with Gasteiger partial charge in [0.2, 0.25) is 0 Å². The topological polar surface area (TPSA) is 20.3 Å². The summed E-state index contributed by atoms with van der Waals surface area (Å²) in [5, 5.41) is 2.03. The molecule has 1 aromatic carbocycles. The van der Waals surface area contributed by atoms with Crippen LogP contribution in [0.15, 0.2) is 44.7 Å². The standard InChI is InChI=1S/C14H13Br2NOS/c1-9(13-4-3-7-19-13)17(2)14(18)11-6-5-10(15)8-12(11)16/h3-9H,1-2H3. The van der Waals surface area contributed by atoms with E-state index in [1.165, 1.54) is 4.88 Å². The number of nitrogens with zero attached hydrogens (tertiary/aromatic N) is 1. The van der Waals surface area contributed by atoms with Crippen LogP contribution in [0.25, 0.3) is 0 Å². The number of carbonyl (C=O) groups excluding carboxylic acids is 1. The quantitative estimate of drug-likeness (QED) is 0.698. The predicted molar refractivity (Wildman–Crippen MR) is 86.7 cm³/mol. The van der Waals surface area contributed by atoms with Crippen molar-refractivity contribution in [2.24, 2.45) is 0 Å².